The van der Waals surface area contributed by atoms with Gasteiger partial charge in [-0.1, -0.05) is 20.8 Å². The summed E-state index contributed by atoms with van der Waals surface area (Å²) in [7, 11) is 0. The second kappa shape index (κ2) is 8.74. The summed E-state index contributed by atoms with van der Waals surface area (Å²) < 4.78 is 5.56. The highest BCUT2D eigenvalue weighted by atomic mass is 16.5. The van der Waals surface area contributed by atoms with E-state index in [0.717, 1.165) is 36.8 Å². The molecule has 0 aromatic carbocycles. The molecule has 1 aromatic rings. The van der Waals surface area contributed by atoms with Gasteiger partial charge in [0, 0.05) is 18.7 Å². The Kier molecular flexibility index (Phi) is 7.30. The molecule has 1 unspecified atom stereocenters. The number of rotatable bonds is 9. The Morgan fingerprint density at radius 1 is 1.15 bits per heavy atom. The van der Waals surface area contributed by atoms with Gasteiger partial charge in [-0.3, -0.25) is 0 Å². The van der Waals surface area contributed by atoms with Gasteiger partial charge >= 0.3 is 0 Å². The lowest BCUT2D eigenvalue weighted by atomic mass is 10.0. The fraction of sp³-hybridized carbons (Fsp3) is 0.733. The van der Waals surface area contributed by atoms with Crippen molar-refractivity contribution < 1.29 is 4.74 Å². The topological polar surface area (TPSA) is 59.1 Å². The van der Waals surface area contributed by atoms with Crippen LogP contribution in [-0.4, -0.2) is 35.8 Å². The largest absolute Gasteiger partial charge is 0.380 e. The van der Waals surface area contributed by atoms with E-state index in [9.17, 15) is 0 Å². The predicted octanol–water partition coefficient (Wildman–Crippen LogP) is 2.94. The number of nitrogens with zero attached hydrogens (tertiary/aromatic N) is 2. The molecule has 0 aliphatic carbocycles. The van der Waals surface area contributed by atoms with Crippen LogP contribution >= 0.6 is 0 Å². The zero-order valence-corrected chi connectivity index (χ0v) is 13.4. The van der Waals surface area contributed by atoms with Gasteiger partial charge in [0.1, 0.15) is 18.0 Å². The quantitative estimate of drug-likeness (QED) is 0.728. The average Bonchev–Trinajstić information content (AvgIpc) is 2.43. The minimum Gasteiger partial charge on any atom is -0.380 e. The Hall–Kier alpha value is -1.36. The first-order valence-electron chi connectivity index (χ1n) is 7.55. The summed E-state index contributed by atoms with van der Waals surface area (Å²) in [5, 5.41) is 6.81. The first-order valence-corrected chi connectivity index (χ1v) is 7.55. The van der Waals surface area contributed by atoms with Crippen LogP contribution in [-0.2, 0) is 11.2 Å². The monoisotopic (exact) mass is 280 g/mol. The van der Waals surface area contributed by atoms with Crippen LogP contribution in [0.5, 0.6) is 0 Å². The molecule has 5 nitrogen and oxygen atoms in total. The number of nitrogens with one attached hydrogen (secondary N) is 2. The second-order valence-corrected chi connectivity index (χ2v) is 5.09. The van der Waals surface area contributed by atoms with Crippen molar-refractivity contribution in [2.75, 3.05) is 30.4 Å². The summed E-state index contributed by atoms with van der Waals surface area (Å²) in [6.45, 7) is 12.9. The normalized spacial score (nSPS) is 12.5. The average molecular weight is 280 g/mol. The SMILES string of the molecule is CCNc1ncnc(NC(COCC)C(C)C)c1CC. The molecule has 0 spiro atoms. The lowest BCUT2D eigenvalue weighted by Crippen LogP contribution is -2.32. The number of hydrogen-bond acceptors (Lipinski definition) is 5. The summed E-state index contributed by atoms with van der Waals surface area (Å²) in [4.78, 5) is 8.73. The summed E-state index contributed by atoms with van der Waals surface area (Å²) in [5.41, 5.74) is 1.14. The molecule has 1 atom stereocenters. The molecule has 0 aliphatic rings. The first-order chi connectivity index (χ1) is 9.63. The number of hydrogen-bond donors (Lipinski definition) is 2. The van der Waals surface area contributed by atoms with Gasteiger partial charge in [-0.25, -0.2) is 9.97 Å². The fourth-order valence-electron chi connectivity index (χ4n) is 2.01. The molecule has 1 aromatic heterocycles. The summed E-state index contributed by atoms with van der Waals surface area (Å²) in [6.07, 6.45) is 2.50. The zero-order valence-electron chi connectivity index (χ0n) is 13.4. The van der Waals surface area contributed by atoms with Crippen molar-refractivity contribution in [1.82, 2.24) is 9.97 Å². The van der Waals surface area contributed by atoms with Gasteiger partial charge in [0.25, 0.3) is 0 Å². The minimum absolute atomic E-state index is 0.254. The van der Waals surface area contributed by atoms with Crippen molar-refractivity contribution in [2.24, 2.45) is 5.92 Å². The Morgan fingerprint density at radius 2 is 1.85 bits per heavy atom. The van der Waals surface area contributed by atoms with E-state index in [1.165, 1.54) is 0 Å². The van der Waals surface area contributed by atoms with Gasteiger partial charge in [0.15, 0.2) is 0 Å². The lowest BCUT2D eigenvalue weighted by Gasteiger charge is -2.24. The molecule has 0 amide bonds. The van der Waals surface area contributed by atoms with E-state index >= 15 is 0 Å². The number of anilines is 2. The third kappa shape index (κ3) is 4.63. The Bertz CT molecular complexity index is 395. The molecule has 0 saturated heterocycles. The van der Waals surface area contributed by atoms with E-state index in [-0.39, 0.29) is 6.04 Å². The summed E-state index contributed by atoms with van der Waals surface area (Å²) in [6, 6.07) is 0.254. The van der Waals surface area contributed by atoms with E-state index in [2.05, 4.69) is 48.3 Å². The highest BCUT2D eigenvalue weighted by molar-refractivity contribution is 5.57. The van der Waals surface area contributed by atoms with E-state index in [1.54, 1.807) is 6.33 Å². The maximum absolute atomic E-state index is 5.56. The Morgan fingerprint density at radius 3 is 2.40 bits per heavy atom. The Labute approximate surface area is 122 Å². The van der Waals surface area contributed by atoms with Gasteiger partial charge in [0.05, 0.1) is 12.6 Å². The fourth-order valence-corrected chi connectivity index (χ4v) is 2.01. The van der Waals surface area contributed by atoms with Crippen molar-refractivity contribution in [1.29, 1.82) is 0 Å². The van der Waals surface area contributed by atoms with Crippen LogP contribution in [0.3, 0.4) is 0 Å². The van der Waals surface area contributed by atoms with Gasteiger partial charge < -0.3 is 15.4 Å². The molecule has 0 radical (unpaired) electrons. The molecular weight excluding hydrogens is 252 g/mol. The van der Waals surface area contributed by atoms with E-state index in [4.69, 9.17) is 4.74 Å². The van der Waals surface area contributed by atoms with Crippen molar-refractivity contribution >= 4 is 11.6 Å². The molecule has 0 fully saturated rings. The second-order valence-electron chi connectivity index (χ2n) is 5.09. The van der Waals surface area contributed by atoms with E-state index in [1.807, 2.05) is 6.92 Å². The van der Waals surface area contributed by atoms with Gasteiger partial charge in [-0.05, 0) is 26.2 Å². The molecule has 0 bridgehead atoms. The first kappa shape index (κ1) is 16.7. The van der Waals surface area contributed by atoms with Crippen molar-refractivity contribution in [3.63, 3.8) is 0 Å². The van der Waals surface area contributed by atoms with Crippen molar-refractivity contribution in [2.45, 2.75) is 47.1 Å². The summed E-state index contributed by atoms with van der Waals surface area (Å²) >= 11 is 0. The zero-order chi connectivity index (χ0) is 15.0. The maximum atomic E-state index is 5.56. The number of ether oxygens (including phenoxy) is 1. The molecule has 1 heterocycles. The van der Waals surface area contributed by atoms with Crippen molar-refractivity contribution in [3.05, 3.63) is 11.9 Å². The molecule has 114 valence electrons. The van der Waals surface area contributed by atoms with Crippen LogP contribution in [0.2, 0.25) is 0 Å². The highest BCUT2D eigenvalue weighted by Gasteiger charge is 2.17. The van der Waals surface area contributed by atoms with Gasteiger partial charge in [-0.2, -0.15) is 0 Å². The van der Waals surface area contributed by atoms with Crippen molar-refractivity contribution in [3.8, 4) is 0 Å². The number of aromatic nitrogens is 2. The highest BCUT2D eigenvalue weighted by Crippen LogP contribution is 2.22. The lowest BCUT2D eigenvalue weighted by molar-refractivity contribution is 0.126. The molecular formula is C15H28N4O. The Balaban J connectivity index is 2.90. The molecule has 2 N–H and O–H groups in total. The van der Waals surface area contributed by atoms with Crippen LogP contribution in [0.25, 0.3) is 0 Å². The van der Waals surface area contributed by atoms with Crippen LogP contribution in [0, 0.1) is 5.92 Å². The van der Waals surface area contributed by atoms with Gasteiger partial charge in [-0.15, -0.1) is 0 Å². The smallest absolute Gasteiger partial charge is 0.135 e. The van der Waals surface area contributed by atoms with Crippen LogP contribution in [0.15, 0.2) is 6.33 Å². The van der Waals surface area contributed by atoms with E-state index in [0.29, 0.717) is 12.5 Å². The van der Waals surface area contributed by atoms with Crippen LogP contribution in [0.1, 0.15) is 40.2 Å². The standard InChI is InChI=1S/C15H28N4O/c1-6-12-14(16-7-2)17-10-18-15(12)19-13(11(4)5)9-20-8-3/h10-11,13H,6-9H2,1-5H3,(H2,16,17,18,19). The predicted molar refractivity (Wildman–Crippen MR) is 84.3 cm³/mol. The molecule has 5 heteroatoms. The third-order valence-electron chi connectivity index (χ3n) is 3.27. The maximum Gasteiger partial charge on any atom is 0.135 e. The third-order valence-corrected chi connectivity index (χ3v) is 3.27. The van der Waals surface area contributed by atoms with Crippen LogP contribution in [0.4, 0.5) is 11.6 Å². The molecule has 0 aliphatic heterocycles. The molecule has 0 saturated carbocycles. The van der Waals surface area contributed by atoms with Gasteiger partial charge in [0.2, 0.25) is 0 Å². The minimum atomic E-state index is 0.254. The van der Waals surface area contributed by atoms with E-state index < -0.39 is 0 Å². The molecule has 1 rings (SSSR count). The summed E-state index contributed by atoms with van der Waals surface area (Å²) in [5.74, 6) is 2.31. The van der Waals surface area contributed by atoms with Crippen LogP contribution < -0.4 is 10.6 Å². The molecule has 20 heavy (non-hydrogen) atoms.